The topological polar surface area (TPSA) is 8.81 Å². The first-order valence-electron chi connectivity index (χ1n) is 7.35. The first-order chi connectivity index (χ1) is 9.19. The number of imidazole rings is 1. The lowest BCUT2D eigenvalue weighted by atomic mass is 9.82. The van der Waals surface area contributed by atoms with E-state index in [1.54, 1.807) is 0 Å². The first-order valence-corrected chi connectivity index (χ1v) is 7.35. The van der Waals surface area contributed by atoms with Crippen molar-refractivity contribution in [1.82, 2.24) is 4.57 Å². The van der Waals surface area contributed by atoms with Gasteiger partial charge >= 0.3 is 0 Å². The summed E-state index contributed by atoms with van der Waals surface area (Å²) in [5, 5.41) is 0. The highest BCUT2D eigenvalue weighted by atomic mass is 15.2. The minimum absolute atomic E-state index is 0.117. The largest absolute Gasteiger partial charge is 0.249 e. The number of nitrogens with zero attached hydrogens (tertiary/aromatic N) is 2. The Kier molecular flexibility index (Phi) is 3.77. The molecular weight excluding hydrogens is 244 g/mol. The van der Waals surface area contributed by atoms with Crippen LogP contribution in [-0.2, 0) is 5.54 Å². The Morgan fingerprint density at radius 2 is 1.70 bits per heavy atom. The van der Waals surface area contributed by atoms with Crippen molar-refractivity contribution in [3.63, 3.8) is 0 Å². The second-order valence-electron chi connectivity index (χ2n) is 7.56. The van der Waals surface area contributed by atoms with Crippen molar-refractivity contribution in [3.05, 3.63) is 48.5 Å². The average Bonchev–Trinajstić information content (AvgIpc) is 2.76. The lowest BCUT2D eigenvalue weighted by molar-refractivity contribution is -0.759. The second-order valence-corrected chi connectivity index (χ2v) is 7.56. The fourth-order valence-electron chi connectivity index (χ4n) is 3.10. The van der Waals surface area contributed by atoms with Crippen molar-refractivity contribution in [1.29, 1.82) is 0 Å². The molecule has 0 unspecified atom stereocenters. The molecule has 1 aromatic carbocycles. The van der Waals surface area contributed by atoms with Gasteiger partial charge in [0.1, 0.15) is 23.6 Å². The maximum Gasteiger partial charge on any atom is 0.249 e. The van der Waals surface area contributed by atoms with Crippen LogP contribution in [0.25, 0.3) is 5.69 Å². The van der Waals surface area contributed by atoms with Gasteiger partial charge in [0.2, 0.25) is 6.33 Å². The monoisotopic (exact) mass is 271 g/mol. The summed E-state index contributed by atoms with van der Waals surface area (Å²) < 4.78 is 4.53. The third-order valence-electron chi connectivity index (χ3n) is 3.69. The van der Waals surface area contributed by atoms with Gasteiger partial charge in [0.05, 0.1) is 0 Å². The molecule has 0 spiro atoms. The SMILES string of the molecule is Cc1ccccc1-n1cc[n+](C(C)(C)CC(C)(C)C)c1. The van der Waals surface area contributed by atoms with E-state index in [0.29, 0.717) is 5.41 Å². The predicted molar refractivity (Wildman–Crippen MR) is 84.1 cm³/mol. The van der Waals surface area contributed by atoms with E-state index < -0.39 is 0 Å². The number of hydrogen-bond donors (Lipinski definition) is 0. The van der Waals surface area contributed by atoms with Gasteiger partial charge in [0.15, 0.2) is 0 Å². The van der Waals surface area contributed by atoms with E-state index in [-0.39, 0.29) is 5.54 Å². The van der Waals surface area contributed by atoms with Gasteiger partial charge in [-0.05, 0) is 44.2 Å². The van der Waals surface area contributed by atoms with Gasteiger partial charge in [-0.2, -0.15) is 0 Å². The molecule has 0 N–H and O–H groups in total. The third-order valence-corrected chi connectivity index (χ3v) is 3.69. The van der Waals surface area contributed by atoms with Crippen LogP contribution in [0.15, 0.2) is 43.0 Å². The normalized spacial score (nSPS) is 12.7. The van der Waals surface area contributed by atoms with Crippen LogP contribution >= 0.6 is 0 Å². The Labute approximate surface area is 123 Å². The van der Waals surface area contributed by atoms with Gasteiger partial charge in [-0.1, -0.05) is 39.0 Å². The van der Waals surface area contributed by atoms with Gasteiger partial charge in [0, 0.05) is 0 Å². The molecule has 0 radical (unpaired) electrons. The van der Waals surface area contributed by atoms with Crippen molar-refractivity contribution in [2.45, 2.75) is 53.5 Å². The number of benzene rings is 1. The predicted octanol–water partition coefficient (Wildman–Crippen LogP) is 4.24. The quantitative estimate of drug-likeness (QED) is 0.738. The smallest absolute Gasteiger partial charge is 0.232 e. The minimum Gasteiger partial charge on any atom is -0.232 e. The molecule has 2 aromatic rings. The highest BCUT2D eigenvalue weighted by Crippen LogP contribution is 2.28. The Morgan fingerprint density at radius 1 is 1.05 bits per heavy atom. The van der Waals surface area contributed by atoms with Crippen LogP contribution in [0.5, 0.6) is 0 Å². The zero-order chi connectivity index (χ0) is 15.0. The second kappa shape index (κ2) is 5.08. The Hall–Kier alpha value is -1.57. The Balaban J connectivity index is 2.32. The molecule has 0 bridgehead atoms. The summed E-state index contributed by atoms with van der Waals surface area (Å²) in [6.07, 6.45) is 7.67. The van der Waals surface area contributed by atoms with Crippen molar-refractivity contribution in [2.75, 3.05) is 0 Å². The summed E-state index contributed by atoms with van der Waals surface area (Å²) in [6.45, 7) is 13.7. The number of rotatable bonds is 3. The van der Waals surface area contributed by atoms with Gasteiger partial charge in [-0.15, -0.1) is 0 Å². The highest BCUT2D eigenvalue weighted by molar-refractivity contribution is 5.39. The van der Waals surface area contributed by atoms with E-state index in [1.165, 1.54) is 11.3 Å². The molecule has 1 heterocycles. The van der Waals surface area contributed by atoms with Crippen molar-refractivity contribution >= 4 is 0 Å². The van der Waals surface area contributed by atoms with E-state index >= 15 is 0 Å². The lowest BCUT2D eigenvalue weighted by Crippen LogP contribution is -2.52. The fraction of sp³-hybridized carbons (Fsp3) is 0.500. The van der Waals surface area contributed by atoms with Crippen LogP contribution in [0.3, 0.4) is 0 Å². The Morgan fingerprint density at radius 3 is 2.30 bits per heavy atom. The van der Waals surface area contributed by atoms with E-state index in [4.69, 9.17) is 0 Å². The standard InChI is InChI=1S/C18H27N2/c1-15-9-7-8-10-16(15)19-11-12-20(14-19)18(5,6)13-17(2,3)4/h7-12,14H,13H2,1-6H3/q+1. The van der Waals surface area contributed by atoms with Crippen LogP contribution in [-0.4, -0.2) is 4.57 Å². The summed E-state index contributed by atoms with van der Waals surface area (Å²) in [6, 6.07) is 8.49. The summed E-state index contributed by atoms with van der Waals surface area (Å²) in [4.78, 5) is 0. The fourth-order valence-corrected chi connectivity index (χ4v) is 3.10. The molecule has 2 nitrogen and oxygen atoms in total. The maximum absolute atomic E-state index is 2.32. The van der Waals surface area contributed by atoms with E-state index in [2.05, 4.69) is 93.7 Å². The van der Waals surface area contributed by atoms with Crippen molar-refractivity contribution < 1.29 is 4.57 Å². The third kappa shape index (κ3) is 3.30. The molecule has 0 amide bonds. The molecule has 0 aliphatic heterocycles. The van der Waals surface area contributed by atoms with Gasteiger partial charge in [-0.25, -0.2) is 9.13 Å². The van der Waals surface area contributed by atoms with Crippen LogP contribution in [0.1, 0.15) is 46.6 Å². The van der Waals surface area contributed by atoms with Crippen LogP contribution in [0.2, 0.25) is 0 Å². The summed E-state index contributed by atoms with van der Waals surface area (Å²) in [5.74, 6) is 0. The first kappa shape index (κ1) is 14.8. The minimum atomic E-state index is 0.117. The lowest BCUT2D eigenvalue weighted by Gasteiger charge is -2.29. The maximum atomic E-state index is 2.32. The van der Waals surface area contributed by atoms with E-state index in [1.807, 2.05) is 0 Å². The molecule has 1 aromatic heterocycles. The van der Waals surface area contributed by atoms with Gasteiger partial charge in [0.25, 0.3) is 0 Å². The molecular formula is C18H27N2+. The number of para-hydroxylation sites is 1. The summed E-state index contributed by atoms with van der Waals surface area (Å²) >= 11 is 0. The molecule has 0 aliphatic carbocycles. The highest BCUT2D eigenvalue weighted by Gasteiger charge is 2.31. The van der Waals surface area contributed by atoms with Crippen LogP contribution in [0, 0.1) is 12.3 Å². The van der Waals surface area contributed by atoms with Crippen LogP contribution in [0.4, 0.5) is 0 Å². The molecule has 0 saturated heterocycles. The van der Waals surface area contributed by atoms with Crippen molar-refractivity contribution in [3.8, 4) is 5.69 Å². The molecule has 2 rings (SSSR count). The molecule has 0 aliphatic rings. The molecule has 108 valence electrons. The van der Waals surface area contributed by atoms with E-state index in [9.17, 15) is 0 Å². The number of aryl methyl sites for hydroxylation is 1. The molecule has 20 heavy (non-hydrogen) atoms. The molecule has 2 heteroatoms. The van der Waals surface area contributed by atoms with Crippen molar-refractivity contribution in [2.24, 2.45) is 5.41 Å². The summed E-state index contributed by atoms with van der Waals surface area (Å²) in [5.41, 5.74) is 2.98. The van der Waals surface area contributed by atoms with Crippen LogP contribution < -0.4 is 4.57 Å². The van der Waals surface area contributed by atoms with Gasteiger partial charge in [-0.3, -0.25) is 0 Å². The van der Waals surface area contributed by atoms with Gasteiger partial charge < -0.3 is 0 Å². The molecule has 0 saturated carbocycles. The van der Waals surface area contributed by atoms with E-state index in [0.717, 1.165) is 6.42 Å². The summed E-state index contributed by atoms with van der Waals surface area (Å²) in [7, 11) is 0. The molecule has 0 fully saturated rings. The zero-order valence-electron chi connectivity index (χ0n) is 13.6. The Bertz CT molecular complexity index is 585. The zero-order valence-corrected chi connectivity index (χ0v) is 13.6. The number of aromatic nitrogens is 2. The molecule has 0 atom stereocenters. The number of hydrogen-bond acceptors (Lipinski definition) is 0. The average molecular weight is 271 g/mol.